The third kappa shape index (κ3) is 3.47. The van der Waals surface area contributed by atoms with Crippen LogP contribution in [0.5, 0.6) is 0 Å². The highest BCUT2D eigenvalue weighted by Gasteiger charge is 2.03. The summed E-state index contributed by atoms with van der Waals surface area (Å²) in [6, 6.07) is 6.48. The largest absolute Gasteiger partial charge is 0.364 e. The average Bonchev–Trinajstić information content (AvgIpc) is 2.69. The lowest BCUT2D eigenvalue weighted by molar-refractivity contribution is 0.627. The summed E-state index contributed by atoms with van der Waals surface area (Å²) in [6.45, 7) is 5.59. The molecule has 2 aromatic rings. The maximum absolute atomic E-state index is 12.7. The molecule has 0 bridgehead atoms. The van der Waals surface area contributed by atoms with Crippen molar-refractivity contribution >= 4 is 18.2 Å². The standard InChI is InChI=1S/C13H16FN3.ClH/c1-3-17-9-10(2)13(16-17)15-8-11-4-6-12(14)7-5-11;/h4-7,9H,3,8H2,1-2H3,(H,15,16);1H. The zero-order chi connectivity index (χ0) is 12.3. The highest BCUT2D eigenvalue weighted by atomic mass is 35.5. The number of nitrogens with zero attached hydrogens (tertiary/aromatic N) is 2. The first-order valence-corrected chi connectivity index (χ1v) is 5.71. The molecular formula is C13H17ClFN3. The molecular weight excluding hydrogens is 253 g/mol. The number of hydrogen-bond donors (Lipinski definition) is 1. The Labute approximate surface area is 112 Å². The van der Waals surface area contributed by atoms with Crippen LogP contribution in [0.15, 0.2) is 30.5 Å². The lowest BCUT2D eigenvalue weighted by Crippen LogP contribution is -2.02. The van der Waals surface area contributed by atoms with Gasteiger partial charge in [-0.3, -0.25) is 4.68 Å². The number of aromatic nitrogens is 2. The molecule has 0 amide bonds. The van der Waals surface area contributed by atoms with Crippen LogP contribution in [-0.4, -0.2) is 9.78 Å². The fourth-order valence-electron chi connectivity index (χ4n) is 1.65. The summed E-state index contributed by atoms with van der Waals surface area (Å²) < 4.78 is 14.6. The van der Waals surface area contributed by atoms with Gasteiger partial charge < -0.3 is 5.32 Å². The second-order valence-electron chi connectivity index (χ2n) is 4.00. The number of aryl methyl sites for hydroxylation is 2. The van der Waals surface area contributed by atoms with E-state index in [0.29, 0.717) is 6.54 Å². The fraction of sp³-hybridized carbons (Fsp3) is 0.308. The van der Waals surface area contributed by atoms with Crippen molar-refractivity contribution in [3.8, 4) is 0 Å². The minimum Gasteiger partial charge on any atom is -0.364 e. The van der Waals surface area contributed by atoms with Crippen molar-refractivity contribution in [2.45, 2.75) is 26.9 Å². The predicted octanol–water partition coefficient (Wildman–Crippen LogP) is 3.38. The van der Waals surface area contributed by atoms with Gasteiger partial charge >= 0.3 is 0 Å². The molecule has 5 heteroatoms. The van der Waals surface area contributed by atoms with Crippen molar-refractivity contribution in [1.82, 2.24) is 9.78 Å². The smallest absolute Gasteiger partial charge is 0.151 e. The van der Waals surface area contributed by atoms with Crippen LogP contribution in [0.3, 0.4) is 0 Å². The van der Waals surface area contributed by atoms with Gasteiger partial charge in [0.1, 0.15) is 5.82 Å². The summed E-state index contributed by atoms with van der Waals surface area (Å²) in [4.78, 5) is 0. The maximum Gasteiger partial charge on any atom is 0.151 e. The summed E-state index contributed by atoms with van der Waals surface area (Å²) in [5.74, 6) is 0.677. The highest BCUT2D eigenvalue weighted by Crippen LogP contribution is 2.13. The van der Waals surface area contributed by atoms with Gasteiger partial charge in [0.2, 0.25) is 0 Å². The third-order valence-corrected chi connectivity index (χ3v) is 2.64. The van der Waals surface area contributed by atoms with E-state index >= 15 is 0 Å². The third-order valence-electron chi connectivity index (χ3n) is 2.64. The first-order chi connectivity index (χ1) is 8.19. The lowest BCUT2D eigenvalue weighted by Gasteiger charge is -2.04. The van der Waals surface area contributed by atoms with Crippen molar-refractivity contribution in [2.75, 3.05) is 5.32 Å². The van der Waals surface area contributed by atoms with Gasteiger partial charge in [0.25, 0.3) is 0 Å². The molecule has 0 aliphatic rings. The van der Waals surface area contributed by atoms with E-state index in [4.69, 9.17) is 0 Å². The number of rotatable bonds is 4. The van der Waals surface area contributed by atoms with Crippen molar-refractivity contribution in [1.29, 1.82) is 0 Å². The van der Waals surface area contributed by atoms with Crippen LogP contribution < -0.4 is 5.32 Å². The molecule has 0 saturated heterocycles. The van der Waals surface area contributed by atoms with Crippen LogP contribution in [0.25, 0.3) is 0 Å². The molecule has 0 saturated carbocycles. The van der Waals surface area contributed by atoms with Crippen LogP contribution in [0, 0.1) is 12.7 Å². The molecule has 98 valence electrons. The van der Waals surface area contributed by atoms with Gasteiger partial charge in [-0.1, -0.05) is 12.1 Å². The maximum atomic E-state index is 12.7. The normalized spacial score (nSPS) is 9.94. The number of halogens is 2. The van der Waals surface area contributed by atoms with E-state index in [0.717, 1.165) is 23.5 Å². The minimum atomic E-state index is -0.208. The van der Waals surface area contributed by atoms with Gasteiger partial charge in [-0.05, 0) is 31.5 Å². The second kappa shape index (κ2) is 6.40. The Balaban J connectivity index is 0.00000162. The molecule has 0 spiro atoms. The Bertz CT molecular complexity index is 493. The van der Waals surface area contributed by atoms with Crippen LogP contribution in [-0.2, 0) is 13.1 Å². The lowest BCUT2D eigenvalue weighted by atomic mass is 10.2. The predicted molar refractivity (Wildman–Crippen MR) is 73.6 cm³/mol. The van der Waals surface area contributed by atoms with Crippen LogP contribution in [0.1, 0.15) is 18.1 Å². The Kier molecular flexibility index (Phi) is 5.16. The Morgan fingerprint density at radius 3 is 2.50 bits per heavy atom. The van der Waals surface area contributed by atoms with Gasteiger partial charge in [-0.25, -0.2) is 4.39 Å². The van der Waals surface area contributed by atoms with Gasteiger partial charge in [-0.15, -0.1) is 12.4 Å². The number of hydrogen-bond acceptors (Lipinski definition) is 2. The zero-order valence-corrected chi connectivity index (χ0v) is 11.3. The molecule has 3 nitrogen and oxygen atoms in total. The molecule has 0 aliphatic carbocycles. The first-order valence-electron chi connectivity index (χ1n) is 5.71. The van der Waals surface area contributed by atoms with Crippen molar-refractivity contribution in [3.05, 3.63) is 47.4 Å². The van der Waals surface area contributed by atoms with E-state index in [1.165, 1.54) is 12.1 Å². The van der Waals surface area contributed by atoms with E-state index in [2.05, 4.69) is 17.3 Å². The molecule has 0 radical (unpaired) electrons. The first kappa shape index (κ1) is 14.5. The van der Waals surface area contributed by atoms with Crippen molar-refractivity contribution in [2.24, 2.45) is 0 Å². The monoisotopic (exact) mass is 269 g/mol. The topological polar surface area (TPSA) is 29.9 Å². The van der Waals surface area contributed by atoms with E-state index in [-0.39, 0.29) is 18.2 Å². The van der Waals surface area contributed by atoms with Crippen LogP contribution >= 0.6 is 12.4 Å². The summed E-state index contributed by atoms with van der Waals surface area (Å²) >= 11 is 0. The molecule has 1 aromatic carbocycles. The zero-order valence-electron chi connectivity index (χ0n) is 10.5. The van der Waals surface area contributed by atoms with Crippen molar-refractivity contribution in [3.63, 3.8) is 0 Å². The number of nitrogens with one attached hydrogen (secondary N) is 1. The van der Waals surface area contributed by atoms with Crippen molar-refractivity contribution < 1.29 is 4.39 Å². The Morgan fingerprint density at radius 2 is 1.94 bits per heavy atom. The molecule has 1 aromatic heterocycles. The second-order valence-corrected chi connectivity index (χ2v) is 4.00. The summed E-state index contributed by atoms with van der Waals surface area (Å²) in [5, 5.41) is 7.64. The fourth-order valence-corrected chi connectivity index (χ4v) is 1.65. The van der Waals surface area contributed by atoms with E-state index in [1.54, 1.807) is 12.1 Å². The van der Waals surface area contributed by atoms with Gasteiger partial charge in [-0.2, -0.15) is 5.10 Å². The SMILES string of the molecule is CCn1cc(C)c(NCc2ccc(F)cc2)n1.Cl. The van der Waals surface area contributed by atoms with Crippen LogP contribution in [0.2, 0.25) is 0 Å². The minimum absolute atomic E-state index is 0. The van der Waals surface area contributed by atoms with Gasteiger partial charge in [0, 0.05) is 24.8 Å². The molecule has 0 unspecified atom stereocenters. The molecule has 2 rings (SSSR count). The van der Waals surface area contributed by atoms with E-state index in [1.807, 2.05) is 17.8 Å². The molecule has 18 heavy (non-hydrogen) atoms. The number of anilines is 1. The molecule has 1 N–H and O–H groups in total. The quantitative estimate of drug-likeness (QED) is 0.922. The molecule has 0 aliphatic heterocycles. The van der Waals surface area contributed by atoms with E-state index in [9.17, 15) is 4.39 Å². The summed E-state index contributed by atoms with van der Waals surface area (Å²) in [7, 11) is 0. The molecule has 0 fully saturated rings. The van der Waals surface area contributed by atoms with Gasteiger partial charge in [0.05, 0.1) is 0 Å². The Morgan fingerprint density at radius 1 is 1.28 bits per heavy atom. The van der Waals surface area contributed by atoms with E-state index < -0.39 is 0 Å². The Hall–Kier alpha value is -1.55. The summed E-state index contributed by atoms with van der Waals surface area (Å²) in [6.07, 6.45) is 2.01. The average molecular weight is 270 g/mol. The molecule has 1 heterocycles. The highest BCUT2D eigenvalue weighted by molar-refractivity contribution is 5.85. The van der Waals surface area contributed by atoms with Crippen LogP contribution in [0.4, 0.5) is 10.2 Å². The summed E-state index contributed by atoms with van der Waals surface area (Å²) in [5.41, 5.74) is 2.16. The molecule has 0 atom stereocenters. The number of benzene rings is 1. The van der Waals surface area contributed by atoms with Gasteiger partial charge in [0.15, 0.2) is 5.82 Å².